The molecule has 0 amide bonds. The number of hydrazine groups is 1. The van der Waals surface area contributed by atoms with Gasteiger partial charge in [-0.15, -0.1) is 0 Å². The van der Waals surface area contributed by atoms with Crippen LogP contribution >= 0.6 is 15.9 Å². The number of rotatable bonds is 5. The standard InChI is InChI=1S/C14H25BrN4O/c1-4-10-13(15)11(19(3)18-10)9-12(17-16)14(2)7-5-6-8-20-14/h12,17H,4-9,16H2,1-3H3. The van der Waals surface area contributed by atoms with Gasteiger partial charge in [0.25, 0.3) is 0 Å². The maximum Gasteiger partial charge on any atom is 0.0824 e. The maximum absolute atomic E-state index is 6.02. The molecule has 1 aromatic heterocycles. The lowest BCUT2D eigenvalue weighted by atomic mass is 9.86. The van der Waals surface area contributed by atoms with Crippen LogP contribution in [-0.4, -0.2) is 28.0 Å². The van der Waals surface area contributed by atoms with Crippen molar-refractivity contribution in [2.24, 2.45) is 12.9 Å². The first kappa shape index (κ1) is 15.9. The number of ether oxygens (including phenoxy) is 1. The van der Waals surface area contributed by atoms with E-state index in [1.54, 1.807) is 0 Å². The van der Waals surface area contributed by atoms with Gasteiger partial charge in [0, 0.05) is 20.1 Å². The molecule has 0 aromatic carbocycles. The van der Waals surface area contributed by atoms with Crippen LogP contribution < -0.4 is 11.3 Å². The molecule has 2 heterocycles. The van der Waals surface area contributed by atoms with Gasteiger partial charge in [0.05, 0.1) is 27.5 Å². The van der Waals surface area contributed by atoms with Crippen LogP contribution in [0, 0.1) is 0 Å². The van der Waals surface area contributed by atoms with Gasteiger partial charge in [0.2, 0.25) is 0 Å². The van der Waals surface area contributed by atoms with Gasteiger partial charge in [-0.05, 0) is 48.5 Å². The van der Waals surface area contributed by atoms with Crippen LogP contribution in [0.15, 0.2) is 4.47 Å². The van der Waals surface area contributed by atoms with Crippen LogP contribution in [0.25, 0.3) is 0 Å². The van der Waals surface area contributed by atoms with Gasteiger partial charge in [0.1, 0.15) is 0 Å². The number of nitrogens with zero attached hydrogens (tertiary/aromatic N) is 2. The van der Waals surface area contributed by atoms with Crippen molar-refractivity contribution in [1.82, 2.24) is 15.2 Å². The Balaban J connectivity index is 2.20. The zero-order valence-corrected chi connectivity index (χ0v) is 14.2. The van der Waals surface area contributed by atoms with E-state index >= 15 is 0 Å². The van der Waals surface area contributed by atoms with Gasteiger partial charge >= 0.3 is 0 Å². The highest BCUT2D eigenvalue weighted by molar-refractivity contribution is 9.10. The third-order valence-corrected chi connectivity index (χ3v) is 5.25. The summed E-state index contributed by atoms with van der Waals surface area (Å²) in [5.41, 5.74) is 5.01. The Bertz CT molecular complexity index is 454. The predicted octanol–water partition coefficient (Wildman–Crippen LogP) is 2.08. The number of aromatic nitrogens is 2. The molecule has 20 heavy (non-hydrogen) atoms. The second kappa shape index (κ2) is 6.56. The predicted molar refractivity (Wildman–Crippen MR) is 83.3 cm³/mol. The fourth-order valence-corrected chi connectivity index (χ4v) is 3.69. The minimum Gasteiger partial charge on any atom is -0.374 e. The highest BCUT2D eigenvalue weighted by Crippen LogP contribution is 2.31. The number of halogens is 1. The van der Waals surface area contributed by atoms with E-state index in [4.69, 9.17) is 10.6 Å². The van der Waals surface area contributed by atoms with Gasteiger partial charge in [-0.25, -0.2) is 0 Å². The first-order valence-electron chi connectivity index (χ1n) is 7.32. The molecule has 6 heteroatoms. The molecule has 0 aliphatic carbocycles. The normalized spacial score (nSPS) is 24.9. The van der Waals surface area contributed by atoms with Gasteiger partial charge in [-0.2, -0.15) is 5.10 Å². The van der Waals surface area contributed by atoms with E-state index in [-0.39, 0.29) is 11.6 Å². The topological polar surface area (TPSA) is 65.1 Å². The van der Waals surface area contributed by atoms with Gasteiger partial charge in [0.15, 0.2) is 0 Å². The van der Waals surface area contributed by atoms with E-state index in [1.165, 1.54) is 12.1 Å². The highest BCUT2D eigenvalue weighted by Gasteiger charge is 2.37. The molecule has 114 valence electrons. The molecule has 1 aliphatic rings. The van der Waals surface area contributed by atoms with Gasteiger partial charge in [-0.1, -0.05) is 6.92 Å². The Morgan fingerprint density at radius 2 is 2.30 bits per heavy atom. The Morgan fingerprint density at radius 1 is 1.55 bits per heavy atom. The van der Waals surface area contributed by atoms with Crippen molar-refractivity contribution in [3.8, 4) is 0 Å². The summed E-state index contributed by atoms with van der Waals surface area (Å²) in [6.07, 6.45) is 5.10. The van der Waals surface area contributed by atoms with Crippen molar-refractivity contribution < 1.29 is 4.74 Å². The van der Waals surface area contributed by atoms with Crippen molar-refractivity contribution in [2.75, 3.05) is 6.61 Å². The lowest BCUT2D eigenvalue weighted by Crippen LogP contribution is -2.55. The van der Waals surface area contributed by atoms with Crippen LogP contribution in [-0.2, 0) is 24.6 Å². The Morgan fingerprint density at radius 3 is 2.80 bits per heavy atom. The highest BCUT2D eigenvalue weighted by atomic mass is 79.9. The van der Waals surface area contributed by atoms with E-state index in [9.17, 15) is 0 Å². The van der Waals surface area contributed by atoms with Crippen LogP contribution in [0.4, 0.5) is 0 Å². The van der Waals surface area contributed by atoms with E-state index < -0.39 is 0 Å². The molecule has 1 aliphatic heterocycles. The Kier molecular flexibility index (Phi) is 5.23. The third kappa shape index (κ3) is 3.08. The summed E-state index contributed by atoms with van der Waals surface area (Å²) in [5, 5.41) is 4.54. The smallest absolute Gasteiger partial charge is 0.0824 e. The molecule has 2 rings (SSSR count). The van der Waals surface area contributed by atoms with E-state index in [2.05, 4.69) is 40.3 Å². The maximum atomic E-state index is 6.02. The van der Waals surface area contributed by atoms with E-state index in [1.807, 2.05) is 11.7 Å². The Labute approximate surface area is 129 Å². The number of nitrogens with two attached hydrogens (primary N) is 1. The number of aryl methyl sites for hydroxylation is 2. The SMILES string of the molecule is CCc1nn(C)c(CC(NN)C2(C)CCCCO2)c1Br. The van der Waals surface area contributed by atoms with Crippen LogP contribution in [0.2, 0.25) is 0 Å². The molecule has 5 nitrogen and oxygen atoms in total. The second-order valence-corrected chi connectivity index (χ2v) is 6.52. The number of hydrogen-bond acceptors (Lipinski definition) is 4. The number of hydrogen-bond donors (Lipinski definition) is 2. The summed E-state index contributed by atoms with van der Waals surface area (Å²) < 4.78 is 9.06. The molecule has 1 aromatic rings. The lowest BCUT2D eigenvalue weighted by Gasteiger charge is -2.40. The summed E-state index contributed by atoms with van der Waals surface area (Å²) in [4.78, 5) is 0. The average molecular weight is 345 g/mol. The molecule has 0 spiro atoms. The quantitative estimate of drug-likeness (QED) is 0.634. The fourth-order valence-electron chi connectivity index (χ4n) is 2.92. The van der Waals surface area contributed by atoms with Gasteiger partial charge in [-0.3, -0.25) is 16.0 Å². The summed E-state index contributed by atoms with van der Waals surface area (Å²) in [6.45, 7) is 5.09. The van der Waals surface area contributed by atoms with Crippen molar-refractivity contribution in [1.29, 1.82) is 0 Å². The average Bonchev–Trinajstić information content (AvgIpc) is 2.71. The molecule has 1 saturated heterocycles. The minimum absolute atomic E-state index is 0.0826. The van der Waals surface area contributed by atoms with Crippen molar-refractivity contribution in [2.45, 2.75) is 57.6 Å². The molecular weight excluding hydrogens is 320 g/mol. The first-order valence-corrected chi connectivity index (χ1v) is 8.11. The van der Waals surface area contributed by atoms with Crippen molar-refractivity contribution in [3.63, 3.8) is 0 Å². The molecular formula is C14H25BrN4O. The Hall–Kier alpha value is -0.430. The summed E-state index contributed by atoms with van der Waals surface area (Å²) in [7, 11) is 1.98. The van der Waals surface area contributed by atoms with Crippen LogP contribution in [0.3, 0.4) is 0 Å². The van der Waals surface area contributed by atoms with Crippen molar-refractivity contribution in [3.05, 3.63) is 15.9 Å². The summed E-state index contributed by atoms with van der Waals surface area (Å²) in [5.74, 6) is 5.80. The molecule has 1 fully saturated rings. The monoisotopic (exact) mass is 344 g/mol. The summed E-state index contributed by atoms with van der Waals surface area (Å²) in [6, 6.07) is 0.0826. The third-order valence-electron chi connectivity index (χ3n) is 4.34. The van der Waals surface area contributed by atoms with Crippen molar-refractivity contribution >= 4 is 15.9 Å². The largest absolute Gasteiger partial charge is 0.374 e. The summed E-state index contributed by atoms with van der Waals surface area (Å²) >= 11 is 3.67. The molecule has 2 unspecified atom stereocenters. The van der Waals surface area contributed by atoms with E-state index in [0.29, 0.717) is 0 Å². The molecule has 2 atom stereocenters. The molecule has 0 radical (unpaired) electrons. The number of nitrogens with one attached hydrogen (secondary N) is 1. The zero-order chi connectivity index (χ0) is 14.8. The van der Waals surface area contributed by atoms with E-state index in [0.717, 1.165) is 42.5 Å². The van der Waals surface area contributed by atoms with Crippen LogP contribution in [0.1, 0.15) is 44.5 Å². The zero-order valence-electron chi connectivity index (χ0n) is 12.6. The first-order chi connectivity index (χ1) is 9.51. The molecule has 3 N–H and O–H groups in total. The molecule has 0 bridgehead atoms. The van der Waals surface area contributed by atoms with Gasteiger partial charge < -0.3 is 4.74 Å². The second-order valence-electron chi connectivity index (χ2n) is 5.73. The molecule has 0 saturated carbocycles. The lowest BCUT2D eigenvalue weighted by molar-refractivity contribution is -0.0887. The minimum atomic E-state index is -0.205. The fraction of sp³-hybridized carbons (Fsp3) is 0.786. The van der Waals surface area contributed by atoms with Crippen LogP contribution in [0.5, 0.6) is 0 Å².